The Morgan fingerprint density at radius 2 is 1.83 bits per heavy atom. The molecule has 2 aromatic rings. The summed E-state index contributed by atoms with van der Waals surface area (Å²) in [6.07, 6.45) is 0. The zero-order chi connectivity index (χ0) is 20.6. The van der Waals surface area contributed by atoms with Crippen LogP contribution in [-0.2, 0) is 4.79 Å². The van der Waals surface area contributed by atoms with Gasteiger partial charge in [0.2, 0.25) is 5.91 Å². The minimum Gasteiger partial charge on any atom is -0.508 e. The van der Waals surface area contributed by atoms with Crippen LogP contribution in [0.3, 0.4) is 0 Å². The Balaban J connectivity index is 0.00000320. The van der Waals surface area contributed by atoms with Gasteiger partial charge in [-0.3, -0.25) is 4.79 Å². The van der Waals surface area contributed by atoms with Gasteiger partial charge in [0.1, 0.15) is 12.3 Å². The van der Waals surface area contributed by atoms with Crippen molar-refractivity contribution in [3.63, 3.8) is 0 Å². The average molecular weight is 544 g/mol. The van der Waals surface area contributed by atoms with E-state index in [-0.39, 0.29) is 42.2 Å². The largest absolute Gasteiger partial charge is 0.508 e. The standard InChI is InChI=1S/C21H26ClN5O2.HI/c1-2-23-21(24-15-20(29)25-17-6-8-19(28)9-7-17)27-12-10-26(11-13-27)18-5-3-4-16(22)14-18;/h3-9,14,28H,2,10-13,15H2,1H3,(H,23,24)(H,25,29);1H. The van der Waals surface area contributed by atoms with E-state index < -0.39 is 0 Å². The first-order chi connectivity index (χ1) is 14.0. The Labute approximate surface area is 199 Å². The maximum atomic E-state index is 12.2. The van der Waals surface area contributed by atoms with Crippen LogP contribution in [-0.4, -0.2) is 61.1 Å². The first-order valence-corrected chi connectivity index (χ1v) is 10.1. The number of carbonyl (C=O) groups is 1. The number of rotatable bonds is 5. The Morgan fingerprint density at radius 1 is 1.13 bits per heavy atom. The number of phenolic OH excluding ortho intramolecular Hbond substituents is 1. The van der Waals surface area contributed by atoms with Gasteiger partial charge in [-0.05, 0) is 49.4 Å². The average Bonchev–Trinajstić information content (AvgIpc) is 2.73. The Bertz CT molecular complexity index is 855. The highest BCUT2D eigenvalue weighted by Crippen LogP contribution is 2.20. The monoisotopic (exact) mass is 543 g/mol. The quantitative estimate of drug-likeness (QED) is 0.233. The van der Waals surface area contributed by atoms with E-state index in [9.17, 15) is 9.90 Å². The van der Waals surface area contributed by atoms with Crippen LogP contribution in [0.15, 0.2) is 53.5 Å². The fraction of sp³-hybridized carbons (Fsp3) is 0.333. The minimum absolute atomic E-state index is 0. The molecule has 0 saturated carbocycles. The molecule has 0 spiro atoms. The molecular weight excluding hydrogens is 517 g/mol. The first-order valence-electron chi connectivity index (χ1n) is 9.68. The molecule has 1 amide bonds. The molecule has 1 saturated heterocycles. The molecule has 0 atom stereocenters. The maximum Gasteiger partial charge on any atom is 0.246 e. The predicted molar refractivity (Wildman–Crippen MR) is 133 cm³/mol. The summed E-state index contributed by atoms with van der Waals surface area (Å²) >= 11 is 6.10. The number of aliphatic imine (C=N–C) groups is 1. The molecule has 7 nitrogen and oxygen atoms in total. The fourth-order valence-corrected chi connectivity index (χ4v) is 3.35. The molecular formula is C21H27ClIN5O2. The lowest BCUT2D eigenvalue weighted by Crippen LogP contribution is -2.52. The second kappa shape index (κ2) is 11.8. The second-order valence-corrected chi connectivity index (χ2v) is 7.16. The number of piperazine rings is 1. The van der Waals surface area contributed by atoms with Gasteiger partial charge < -0.3 is 25.5 Å². The van der Waals surface area contributed by atoms with Crippen LogP contribution in [0.1, 0.15) is 6.92 Å². The van der Waals surface area contributed by atoms with Crippen molar-refractivity contribution in [1.82, 2.24) is 10.2 Å². The van der Waals surface area contributed by atoms with Crippen molar-refractivity contribution in [2.24, 2.45) is 4.99 Å². The van der Waals surface area contributed by atoms with Crippen LogP contribution >= 0.6 is 35.6 Å². The molecule has 2 aromatic carbocycles. The van der Waals surface area contributed by atoms with E-state index in [1.807, 2.05) is 25.1 Å². The van der Waals surface area contributed by atoms with E-state index in [1.54, 1.807) is 12.1 Å². The van der Waals surface area contributed by atoms with Crippen LogP contribution in [0.4, 0.5) is 11.4 Å². The molecule has 1 aliphatic rings. The van der Waals surface area contributed by atoms with E-state index in [4.69, 9.17) is 11.6 Å². The topological polar surface area (TPSA) is 80.2 Å². The lowest BCUT2D eigenvalue weighted by molar-refractivity contribution is -0.114. The number of amides is 1. The summed E-state index contributed by atoms with van der Waals surface area (Å²) in [4.78, 5) is 21.2. The van der Waals surface area contributed by atoms with Gasteiger partial charge in [0, 0.05) is 49.1 Å². The van der Waals surface area contributed by atoms with E-state index >= 15 is 0 Å². The number of halogens is 2. The minimum atomic E-state index is -0.205. The van der Waals surface area contributed by atoms with Crippen molar-refractivity contribution < 1.29 is 9.90 Å². The predicted octanol–water partition coefficient (Wildman–Crippen LogP) is 3.39. The second-order valence-electron chi connectivity index (χ2n) is 6.72. The zero-order valence-electron chi connectivity index (χ0n) is 16.8. The molecule has 162 valence electrons. The SMILES string of the molecule is CCNC(=NCC(=O)Nc1ccc(O)cc1)N1CCN(c2cccc(Cl)c2)CC1.I. The molecule has 3 rings (SSSR count). The molecule has 9 heteroatoms. The summed E-state index contributed by atoms with van der Waals surface area (Å²) in [7, 11) is 0. The summed E-state index contributed by atoms with van der Waals surface area (Å²) < 4.78 is 0. The van der Waals surface area contributed by atoms with E-state index in [0.717, 1.165) is 49.4 Å². The molecule has 0 aliphatic carbocycles. The number of guanidine groups is 1. The summed E-state index contributed by atoms with van der Waals surface area (Å²) in [5, 5.41) is 16.1. The summed E-state index contributed by atoms with van der Waals surface area (Å²) in [5.74, 6) is 0.690. The van der Waals surface area contributed by atoms with Crippen molar-refractivity contribution in [3.8, 4) is 5.75 Å². The van der Waals surface area contributed by atoms with E-state index in [1.165, 1.54) is 12.1 Å². The molecule has 1 aliphatic heterocycles. The van der Waals surface area contributed by atoms with Gasteiger partial charge in [-0.25, -0.2) is 4.99 Å². The van der Waals surface area contributed by atoms with Crippen LogP contribution in [0.2, 0.25) is 5.02 Å². The number of hydrogen-bond donors (Lipinski definition) is 3. The van der Waals surface area contributed by atoms with Crippen molar-refractivity contribution in [3.05, 3.63) is 53.6 Å². The number of nitrogens with zero attached hydrogens (tertiary/aromatic N) is 3. The lowest BCUT2D eigenvalue weighted by Gasteiger charge is -2.37. The molecule has 1 fully saturated rings. The third-order valence-corrected chi connectivity index (χ3v) is 4.85. The lowest BCUT2D eigenvalue weighted by atomic mass is 10.2. The first kappa shape index (κ1) is 24.1. The van der Waals surface area contributed by atoms with E-state index in [2.05, 4.69) is 31.5 Å². The van der Waals surface area contributed by atoms with E-state index in [0.29, 0.717) is 5.69 Å². The number of anilines is 2. The maximum absolute atomic E-state index is 12.2. The van der Waals surface area contributed by atoms with Gasteiger partial charge in [-0.15, -0.1) is 24.0 Å². The van der Waals surface area contributed by atoms with Gasteiger partial charge in [0.25, 0.3) is 0 Å². The Hall–Kier alpha value is -2.20. The molecule has 0 bridgehead atoms. The number of phenols is 1. The number of benzene rings is 2. The number of aromatic hydroxyl groups is 1. The molecule has 30 heavy (non-hydrogen) atoms. The fourth-order valence-electron chi connectivity index (χ4n) is 3.17. The third kappa shape index (κ3) is 6.94. The molecule has 0 aromatic heterocycles. The van der Waals surface area contributed by atoms with Gasteiger partial charge in [0.15, 0.2) is 5.96 Å². The van der Waals surface area contributed by atoms with Crippen LogP contribution in [0.25, 0.3) is 0 Å². The number of hydrogen-bond acceptors (Lipinski definition) is 4. The zero-order valence-corrected chi connectivity index (χ0v) is 19.9. The third-order valence-electron chi connectivity index (χ3n) is 4.61. The normalized spacial score (nSPS) is 14.1. The van der Waals surface area contributed by atoms with Gasteiger partial charge >= 0.3 is 0 Å². The smallest absolute Gasteiger partial charge is 0.246 e. The summed E-state index contributed by atoms with van der Waals surface area (Å²) in [5.41, 5.74) is 1.75. The molecule has 1 heterocycles. The van der Waals surface area contributed by atoms with Crippen molar-refractivity contribution in [2.45, 2.75) is 6.92 Å². The summed E-state index contributed by atoms with van der Waals surface area (Å²) in [6, 6.07) is 14.2. The van der Waals surface area contributed by atoms with Crippen LogP contribution in [0, 0.1) is 0 Å². The van der Waals surface area contributed by atoms with Crippen molar-refractivity contribution >= 4 is 58.8 Å². The van der Waals surface area contributed by atoms with Crippen LogP contribution < -0.4 is 15.5 Å². The van der Waals surface area contributed by atoms with Gasteiger partial charge in [-0.2, -0.15) is 0 Å². The highest BCUT2D eigenvalue weighted by atomic mass is 127. The Morgan fingerprint density at radius 3 is 2.47 bits per heavy atom. The molecule has 0 radical (unpaired) electrons. The van der Waals surface area contributed by atoms with Crippen molar-refractivity contribution in [1.29, 1.82) is 0 Å². The van der Waals surface area contributed by atoms with Gasteiger partial charge in [0.05, 0.1) is 0 Å². The number of carbonyl (C=O) groups excluding carboxylic acids is 1. The number of nitrogens with one attached hydrogen (secondary N) is 2. The highest BCUT2D eigenvalue weighted by Gasteiger charge is 2.20. The highest BCUT2D eigenvalue weighted by molar-refractivity contribution is 14.0. The van der Waals surface area contributed by atoms with Gasteiger partial charge in [-0.1, -0.05) is 17.7 Å². The van der Waals surface area contributed by atoms with Crippen LogP contribution in [0.5, 0.6) is 5.75 Å². The summed E-state index contributed by atoms with van der Waals surface area (Å²) in [6.45, 7) is 6.07. The Kier molecular flexibility index (Phi) is 9.51. The molecule has 3 N–H and O–H groups in total. The van der Waals surface area contributed by atoms with Crippen molar-refractivity contribution in [2.75, 3.05) is 49.5 Å². The molecule has 0 unspecified atom stereocenters.